The van der Waals surface area contributed by atoms with Gasteiger partial charge in [-0.3, -0.25) is 0 Å². The summed E-state index contributed by atoms with van der Waals surface area (Å²) in [6.45, 7) is 4.99. The van der Waals surface area contributed by atoms with Gasteiger partial charge < -0.3 is 14.8 Å². The van der Waals surface area contributed by atoms with Crippen LogP contribution in [0.15, 0.2) is 40.7 Å². The van der Waals surface area contributed by atoms with Crippen molar-refractivity contribution in [2.24, 2.45) is 0 Å². The van der Waals surface area contributed by atoms with Gasteiger partial charge in [0.05, 0.1) is 44.9 Å². The molecule has 0 aromatic heterocycles. The Hall–Kier alpha value is -1.98. The molecule has 1 aromatic rings. The fourth-order valence-electron chi connectivity index (χ4n) is 2.85. The van der Waals surface area contributed by atoms with E-state index in [1.165, 1.54) is 0 Å². The number of methoxy groups -OCH3 is 1. The van der Waals surface area contributed by atoms with E-state index >= 15 is 0 Å². The van der Waals surface area contributed by atoms with Crippen LogP contribution in [-0.4, -0.2) is 25.6 Å². The molecular formula is C18H19Cl2NO4. The summed E-state index contributed by atoms with van der Waals surface area (Å²) in [6, 6.07) is 4.78. The molecule has 0 aliphatic carbocycles. The third-order valence-electron chi connectivity index (χ3n) is 3.86. The second-order valence-electron chi connectivity index (χ2n) is 5.39. The lowest BCUT2D eigenvalue weighted by atomic mass is 9.93. The molecule has 1 unspecified atom stereocenters. The Kier molecular flexibility index (Phi) is 4.85. The van der Waals surface area contributed by atoms with Crippen LogP contribution in [0.2, 0.25) is 10.0 Å². The minimum absolute atomic E-state index is 0.0612. The van der Waals surface area contributed by atoms with E-state index in [1.807, 2.05) is 0 Å². The second kappa shape index (κ2) is 7.93. The van der Waals surface area contributed by atoms with Gasteiger partial charge >= 0.3 is 11.9 Å². The van der Waals surface area contributed by atoms with Gasteiger partial charge in [0.2, 0.25) is 0 Å². The Morgan fingerprint density at radius 1 is 1.20 bits per heavy atom. The maximum atomic E-state index is 12.7. The number of hydrogen-bond acceptors (Lipinski definition) is 5. The SMILES string of the molecule is [2H][13C]([2H])([2H])OC(=O)C1=C(C)N[13C]([13CH3])=[13C]([13C](=O)OCC)C1c1cccc(Cl)c1Cl. The predicted molar refractivity (Wildman–Crippen MR) is 96.4 cm³/mol. The lowest BCUT2D eigenvalue weighted by Crippen LogP contribution is -2.32. The second-order valence-corrected chi connectivity index (χ2v) is 6.17. The zero-order valence-corrected chi connectivity index (χ0v) is 15.4. The molecule has 1 aliphatic heterocycles. The molecule has 1 aromatic carbocycles. The molecule has 1 N–H and O–H groups in total. The van der Waals surface area contributed by atoms with E-state index in [0.29, 0.717) is 17.0 Å². The standard InChI is InChI=1S/C18H19Cl2NO4/c1-5-25-18(23)14-10(3)21-9(2)13(17(22)24-4)15(14)11-7-6-8-12(19)16(11)20/h6-8,15,21H,5H2,1-4H3/i3+1,4+1D3,10+1,14+1,18+1. The van der Waals surface area contributed by atoms with Crippen molar-refractivity contribution >= 4 is 35.1 Å². The fraction of sp³-hybridized carbons (Fsp3) is 0.333. The highest BCUT2D eigenvalue weighted by molar-refractivity contribution is 6.42. The molecule has 0 saturated carbocycles. The van der Waals surface area contributed by atoms with Crippen molar-refractivity contribution in [2.45, 2.75) is 26.7 Å². The van der Waals surface area contributed by atoms with E-state index in [0.717, 1.165) is 0 Å². The number of rotatable bonds is 4. The maximum absolute atomic E-state index is 12.7. The van der Waals surface area contributed by atoms with E-state index in [9.17, 15) is 9.59 Å². The lowest BCUT2D eigenvalue weighted by Gasteiger charge is -2.30. The molecule has 0 fully saturated rings. The third kappa shape index (κ3) is 3.67. The highest BCUT2D eigenvalue weighted by Gasteiger charge is 2.38. The third-order valence-corrected chi connectivity index (χ3v) is 4.69. The molecule has 2 rings (SSSR count). The average Bonchev–Trinajstić information content (AvgIpc) is 2.55. The molecule has 1 heterocycles. The number of nitrogens with one attached hydrogen (secondary N) is 1. The smallest absolute Gasteiger partial charge is 0.336 e. The largest absolute Gasteiger partial charge is 0.466 e. The molecule has 5 nitrogen and oxygen atoms in total. The van der Waals surface area contributed by atoms with Gasteiger partial charge in [-0.05, 0) is 32.4 Å². The van der Waals surface area contributed by atoms with Crippen molar-refractivity contribution in [3.8, 4) is 0 Å². The van der Waals surface area contributed by atoms with Crippen molar-refractivity contribution < 1.29 is 23.2 Å². The van der Waals surface area contributed by atoms with Crippen LogP contribution in [0.3, 0.4) is 0 Å². The number of allylic oxidation sites excluding steroid dienone is 2. The number of esters is 2. The van der Waals surface area contributed by atoms with Crippen LogP contribution >= 0.6 is 23.2 Å². The number of dihydropyridines is 1. The number of halogens is 2. The van der Waals surface area contributed by atoms with Gasteiger partial charge in [0.25, 0.3) is 0 Å². The van der Waals surface area contributed by atoms with Crippen molar-refractivity contribution in [1.82, 2.24) is 5.32 Å². The molecule has 0 radical (unpaired) electrons. The molecule has 0 amide bonds. The highest BCUT2D eigenvalue weighted by Crippen LogP contribution is 2.43. The molecule has 7 heteroatoms. The molecule has 134 valence electrons. The summed E-state index contributed by atoms with van der Waals surface area (Å²) in [4.78, 5) is 25.4. The van der Waals surface area contributed by atoms with E-state index in [1.54, 1.807) is 39.0 Å². The normalized spacial score (nSPS) is 19.6. The minimum atomic E-state index is -2.95. The molecule has 0 bridgehead atoms. The number of carbonyl (C=O) groups excluding carboxylic acids is 2. The van der Waals surface area contributed by atoms with Crippen molar-refractivity contribution in [1.29, 1.82) is 0 Å². The number of hydrogen-bond donors (Lipinski definition) is 1. The Morgan fingerprint density at radius 3 is 2.44 bits per heavy atom. The molecular weight excluding hydrogens is 370 g/mol. The van der Waals surface area contributed by atoms with Crippen LogP contribution in [0.5, 0.6) is 0 Å². The predicted octanol–water partition coefficient (Wildman–Crippen LogP) is 3.96. The van der Waals surface area contributed by atoms with Crippen LogP contribution in [0.25, 0.3) is 0 Å². The number of ether oxygens (including phenoxy) is 2. The van der Waals surface area contributed by atoms with Crippen molar-refractivity contribution in [3.63, 3.8) is 0 Å². The Labute approximate surface area is 160 Å². The van der Waals surface area contributed by atoms with Gasteiger partial charge in [0.15, 0.2) is 0 Å². The monoisotopic (exact) mass is 391 g/mol. The van der Waals surface area contributed by atoms with Gasteiger partial charge in [-0.15, -0.1) is 0 Å². The van der Waals surface area contributed by atoms with E-state index in [-0.39, 0.29) is 27.8 Å². The van der Waals surface area contributed by atoms with E-state index < -0.39 is 24.9 Å². The first-order valence-electron chi connectivity index (χ1n) is 9.00. The van der Waals surface area contributed by atoms with Crippen LogP contribution in [-0.2, 0) is 19.1 Å². The molecule has 25 heavy (non-hydrogen) atoms. The highest BCUT2D eigenvalue weighted by atomic mass is 35.5. The van der Waals surface area contributed by atoms with E-state index in [2.05, 4.69) is 10.1 Å². The lowest BCUT2D eigenvalue weighted by molar-refractivity contribution is -0.139. The van der Waals surface area contributed by atoms with Crippen molar-refractivity contribution in [3.05, 3.63) is 56.3 Å². The quantitative estimate of drug-likeness (QED) is 0.621. The summed E-state index contributed by atoms with van der Waals surface area (Å²) in [5, 5.41) is 3.28. The van der Waals surface area contributed by atoms with Crippen LogP contribution in [0.4, 0.5) is 0 Å². The van der Waals surface area contributed by atoms with Gasteiger partial charge in [-0.25, -0.2) is 9.59 Å². The van der Waals surface area contributed by atoms with Gasteiger partial charge in [-0.1, -0.05) is 35.3 Å². The van der Waals surface area contributed by atoms with E-state index in [4.69, 9.17) is 32.1 Å². The first-order chi connectivity index (χ1) is 13.0. The molecule has 1 aliphatic rings. The maximum Gasteiger partial charge on any atom is 0.336 e. The molecule has 0 saturated heterocycles. The summed E-state index contributed by atoms with van der Waals surface area (Å²) >= 11 is 12.5. The molecule has 0 spiro atoms. The summed E-state index contributed by atoms with van der Waals surface area (Å²) in [5.41, 5.74) is 1.20. The summed E-state index contributed by atoms with van der Waals surface area (Å²) in [6.07, 6.45) is 0. The topological polar surface area (TPSA) is 64.6 Å². The van der Waals surface area contributed by atoms with Crippen LogP contribution in [0, 0.1) is 0 Å². The molecule has 1 atom stereocenters. The van der Waals surface area contributed by atoms with Gasteiger partial charge in [0, 0.05) is 11.4 Å². The Bertz CT molecular complexity index is 878. The van der Waals surface area contributed by atoms with Gasteiger partial charge in [-0.2, -0.15) is 0 Å². The zero-order chi connectivity index (χ0) is 21.2. The number of carbonyl (C=O) groups is 2. The fourth-order valence-corrected chi connectivity index (χ4v) is 3.27. The first kappa shape index (κ1) is 15.3. The first-order valence-corrected chi connectivity index (χ1v) is 8.26. The number of benzene rings is 1. The van der Waals surface area contributed by atoms with Gasteiger partial charge in [0.1, 0.15) is 0 Å². The summed E-state index contributed by atoms with van der Waals surface area (Å²) in [7, 11) is -2.95. The van der Waals surface area contributed by atoms with Crippen LogP contribution < -0.4 is 5.32 Å². The minimum Gasteiger partial charge on any atom is -0.466 e. The summed E-state index contributed by atoms with van der Waals surface area (Å²) < 4.78 is 31.4. The Morgan fingerprint density at radius 2 is 1.84 bits per heavy atom. The summed E-state index contributed by atoms with van der Waals surface area (Å²) in [5.74, 6) is -2.78. The van der Waals surface area contributed by atoms with Crippen LogP contribution in [0.1, 0.15) is 36.4 Å². The Balaban J connectivity index is 2.71. The zero-order valence-electron chi connectivity index (χ0n) is 16.9. The average molecular weight is 392 g/mol. The van der Waals surface area contributed by atoms with Crippen molar-refractivity contribution in [2.75, 3.05) is 13.6 Å².